The number of benzene rings is 1. The Kier molecular flexibility index (Phi) is 4.07. The molecule has 0 saturated heterocycles. The highest BCUT2D eigenvalue weighted by Gasteiger charge is 2.12. The van der Waals surface area contributed by atoms with Crippen LogP contribution in [0.3, 0.4) is 0 Å². The average molecular weight is 322 g/mol. The molecule has 0 spiro atoms. The molecule has 0 saturated carbocycles. The third-order valence-electron chi connectivity index (χ3n) is 3.48. The number of pyridine rings is 2. The predicted octanol–water partition coefficient (Wildman–Crippen LogP) is 1.78. The molecule has 3 rings (SSSR count). The van der Waals surface area contributed by atoms with Crippen molar-refractivity contribution in [2.75, 3.05) is 0 Å². The minimum atomic E-state index is -0.642. The van der Waals surface area contributed by atoms with Gasteiger partial charge in [-0.15, -0.1) is 0 Å². The van der Waals surface area contributed by atoms with E-state index in [9.17, 15) is 14.7 Å². The van der Waals surface area contributed by atoms with Gasteiger partial charge in [-0.3, -0.25) is 9.59 Å². The van der Waals surface area contributed by atoms with Crippen LogP contribution in [0.25, 0.3) is 11.0 Å². The monoisotopic (exact) mass is 322 g/mol. The molecule has 7 nitrogen and oxygen atoms in total. The Labute approximate surface area is 136 Å². The van der Waals surface area contributed by atoms with Crippen molar-refractivity contribution in [3.05, 3.63) is 70.1 Å². The predicted molar refractivity (Wildman–Crippen MR) is 90.1 cm³/mol. The van der Waals surface area contributed by atoms with E-state index >= 15 is 0 Å². The molecule has 120 valence electrons. The van der Waals surface area contributed by atoms with E-state index in [1.165, 1.54) is 12.1 Å². The number of aromatic hydroxyl groups is 1. The molecular formula is C17H14N4O3. The number of hydrogen-bond donors (Lipinski definition) is 3. The number of hydrazone groups is 1. The second kappa shape index (κ2) is 6.33. The first-order chi connectivity index (χ1) is 11.6. The number of aromatic nitrogens is 2. The fourth-order valence-corrected chi connectivity index (χ4v) is 2.24. The molecule has 0 bridgehead atoms. The fraction of sp³-hybridized carbons (Fsp3) is 0.0588. The fourth-order valence-electron chi connectivity index (χ4n) is 2.24. The first-order valence-corrected chi connectivity index (χ1v) is 7.17. The molecule has 0 aliphatic carbocycles. The van der Waals surface area contributed by atoms with Crippen molar-refractivity contribution in [1.29, 1.82) is 0 Å². The van der Waals surface area contributed by atoms with Crippen molar-refractivity contribution in [3.8, 4) is 5.75 Å². The van der Waals surface area contributed by atoms with Crippen molar-refractivity contribution in [3.63, 3.8) is 0 Å². The van der Waals surface area contributed by atoms with Gasteiger partial charge in [0.05, 0.1) is 5.71 Å². The number of para-hydroxylation sites is 1. The van der Waals surface area contributed by atoms with Gasteiger partial charge in [-0.05, 0) is 37.3 Å². The SMILES string of the molecule is C/C(=N\NC(=O)c1cc2cccnc2[nH]c1=O)c1ccccc1O. The van der Waals surface area contributed by atoms with Gasteiger partial charge in [0.25, 0.3) is 11.5 Å². The van der Waals surface area contributed by atoms with Gasteiger partial charge in [0, 0.05) is 17.1 Å². The van der Waals surface area contributed by atoms with Crippen LogP contribution in [-0.2, 0) is 0 Å². The van der Waals surface area contributed by atoms with Gasteiger partial charge >= 0.3 is 0 Å². The summed E-state index contributed by atoms with van der Waals surface area (Å²) in [5, 5.41) is 14.4. The maximum absolute atomic E-state index is 12.2. The number of fused-ring (bicyclic) bond motifs is 1. The average Bonchev–Trinajstić information content (AvgIpc) is 2.59. The number of nitrogens with one attached hydrogen (secondary N) is 2. The van der Waals surface area contributed by atoms with Gasteiger partial charge in [0.15, 0.2) is 0 Å². The van der Waals surface area contributed by atoms with Crippen molar-refractivity contribution in [2.45, 2.75) is 6.92 Å². The molecule has 24 heavy (non-hydrogen) atoms. The second-order valence-corrected chi connectivity index (χ2v) is 5.11. The molecule has 0 radical (unpaired) electrons. The van der Waals surface area contributed by atoms with E-state index in [2.05, 4.69) is 20.5 Å². The number of nitrogens with zero attached hydrogens (tertiary/aromatic N) is 2. The number of phenols is 1. The Bertz CT molecular complexity index is 1010. The molecule has 1 amide bonds. The lowest BCUT2D eigenvalue weighted by Crippen LogP contribution is -2.27. The Morgan fingerprint density at radius 3 is 2.79 bits per heavy atom. The number of rotatable bonds is 3. The topological polar surface area (TPSA) is 107 Å². The van der Waals surface area contributed by atoms with E-state index in [0.717, 1.165) is 0 Å². The zero-order chi connectivity index (χ0) is 17.1. The lowest BCUT2D eigenvalue weighted by Gasteiger charge is -2.05. The maximum Gasteiger partial charge on any atom is 0.276 e. The van der Waals surface area contributed by atoms with Crippen LogP contribution < -0.4 is 11.0 Å². The number of carbonyl (C=O) groups excluding carboxylic acids is 1. The Balaban J connectivity index is 1.88. The molecular weight excluding hydrogens is 308 g/mol. The zero-order valence-corrected chi connectivity index (χ0v) is 12.8. The lowest BCUT2D eigenvalue weighted by molar-refractivity contribution is 0.0953. The highest BCUT2D eigenvalue weighted by molar-refractivity contribution is 6.03. The van der Waals surface area contributed by atoms with E-state index in [1.807, 2.05) is 0 Å². The van der Waals surface area contributed by atoms with Crippen LogP contribution in [-0.4, -0.2) is 26.7 Å². The van der Waals surface area contributed by atoms with E-state index in [-0.39, 0.29) is 11.3 Å². The van der Waals surface area contributed by atoms with E-state index < -0.39 is 11.5 Å². The smallest absolute Gasteiger partial charge is 0.276 e. The van der Waals surface area contributed by atoms with Crippen LogP contribution in [0, 0.1) is 0 Å². The van der Waals surface area contributed by atoms with Crippen LogP contribution in [0.1, 0.15) is 22.8 Å². The Hall–Kier alpha value is -3.48. The normalized spacial score (nSPS) is 11.5. The molecule has 0 aliphatic heterocycles. The zero-order valence-electron chi connectivity index (χ0n) is 12.8. The molecule has 7 heteroatoms. The van der Waals surface area contributed by atoms with E-state index in [1.54, 1.807) is 43.5 Å². The number of H-pyrrole nitrogens is 1. The summed E-state index contributed by atoms with van der Waals surface area (Å²) in [4.78, 5) is 30.8. The highest BCUT2D eigenvalue weighted by Crippen LogP contribution is 2.16. The molecule has 1 aromatic carbocycles. The van der Waals surface area contributed by atoms with Crippen LogP contribution in [0.15, 0.2) is 58.6 Å². The van der Waals surface area contributed by atoms with Gasteiger partial charge in [-0.2, -0.15) is 5.10 Å². The maximum atomic E-state index is 12.2. The molecule has 2 aromatic heterocycles. The largest absolute Gasteiger partial charge is 0.507 e. The van der Waals surface area contributed by atoms with E-state index in [4.69, 9.17) is 0 Å². The number of hydrogen-bond acceptors (Lipinski definition) is 5. The summed E-state index contributed by atoms with van der Waals surface area (Å²) in [6, 6.07) is 11.5. The number of carbonyl (C=O) groups is 1. The molecule has 0 unspecified atom stereocenters. The van der Waals surface area contributed by atoms with Crippen LogP contribution in [0.4, 0.5) is 0 Å². The minimum Gasteiger partial charge on any atom is -0.507 e. The standard InChI is InChI=1S/C17H14N4O3/c1-10(12-6-2-3-7-14(12)22)20-21-17(24)13-9-11-5-4-8-18-15(11)19-16(13)23/h2-9,22H,1H3,(H,21,24)(H,18,19,23)/b20-10+. The summed E-state index contributed by atoms with van der Waals surface area (Å²) in [5.41, 5.74) is 3.04. The summed E-state index contributed by atoms with van der Waals surface area (Å²) in [6.07, 6.45) is 1.55. The van der Waals surface area contributed by atoms with Gasteiger partial charge < -0.3 is 10.1 Å². The van der Waals surface area contributed by atoms with Gasteiger partial charge in [0.1, 0.15) is 17.0 Å². The summed E-state index contributed by atoms with van der Waals surface area (Å²) < 4.78 is 0. The van der Waals surface area contributed by atoms with Gasteiger partial charge in [0.2, 0.25) is 0 Å². The second-order valence-electron chi connectivity index (χ2n) is 5.11. The highest BCUT2D eigenvalue weighted by atomic mass is 16.3. The summed E-state index contributed by atoms with van der Waals surface area (Å²) >= 11 is 0. The molecule has 0 fully saturated rings. The minimum absolute atomic E-state index is 0.0580. The number of amides is 1. The third kappa shape index (κ3) is 3.00. The quantitative estimate of drug-likeness (QED) is 0.504. The van der Waals surface area contributed by atoms with Crippen molar-refractivity contribution >= 4 is 22.7 Å². The van der Waals surface area contributed by atoms with E-state index in [0.29, 0.717) is 22.3 Å². The Morgan fingerprint density at radius 1 is 1.21 bits per heavy atom. The van der Waals surface area contributed by atoms with Gasteiger partial charge in [-0.25, -0.2) is 10.4 Å². The summed E-state index contributed by atoms with van der Waals surface area (Å²) in [5.74, 6) is -0.584. The number of phenolic OH excluding ortho intramolecular Hbond substituents is 1. The number of aromatic amines is 1. The first kappa shape index (κ1) is 15.4. The first-order valence-electron chi connectivity index (χ1n) is 7.17. The van der Waals surface area contributed by atoms with Crippen molar-refractivity contribution < 1.29 is 9.90 Å². The Morgan fingerprint density at radius 2 is 2.00 bits per heavy atom. The lowest BCUT2D eigenvalue weighted by atomic mass is 10.1. The van der Waals surface area contributed by atoms with Crippen molar-refractivity contribution in [1.82, 2.24) is 15.4 Å². The van der Waals surface area contributed by atoms with Crippen molar-refractivity contribution in [2.24, 2.45) is 5.10 Å². The van der Waals surface area contributed by atoms with Gasteiger partial charge in [-0.1, -0.05) is 12.1 Å². The molecule has 0 aliphatic rings. The van der Waals surface area contributed by atoms with Crippen LogP contribution in [0.5, 0.6) is 5.75 Å². The summed E-state index contributed by atoms with van der Waals surface area (Å²) in [7, 11) is 0. The summed E-state index contributed by atoms with van der Waals surface area (Å²) in [6.45, 7) is 1.64. The molecule has 3 N–H and O–H groups in total. The van der Waals surface area contributed by atoms with Crippen LogP contribution >= 0.6 is 0 Å². The van der Waals surface area contributed by atoms with Crippen LogP contribution in [0.2, 0.25) is 0 Å². The third-order valence-corrected chi connectivity index (χ3v) is 3.48. The molecule has 2 heterocycles. The molecule has 3 aromatic rings. The molecule has 0 atom stereocenters.